The van der Waals surface area contributed by atoms with Crippen LogP contribution >= 0.6 is 0 Å². The fraction of sp³-hybridized carbons (Fsp3) is 0.0588. The lowest BCUT2D eigenvalue weighted by molar-refractivity contribution is 0.585. The summed E-state index contributed by atoms with van der Waals surface area (Å²) in [4.78, 5) is 0. The minimum absolute atomic E-state index is 0.403. The summed E-state index contributed by atoms with van der Waals surface area (Å²) in [6.45, 7) is 0.779. The maximum absolute atomic E-state index is 13.8. The largest absolute Gasteiger partial charge is 0.381 e. The Kier molecular flexibility index (Phi) is 3.33. The van der Waals surface area contributed by atoms with Crippen molar-refractivity contribution in [2.75, 3.05) is 6.54 Å². The molecule has 0 spiro atoms. The molecule has 1 aliphatic rings. The van der Waals surface area contributed by atoms with E-state index in [4.69, 9.17) is 0 Å². The van der Waals surface area contributed by atoms with Crippen LogP contribution in [0.1, 0.15) is 5.56 Å². The van der Waals surface area contributed by atoms with Crippen LogP contribution in [0.4, 0.5) is 8.78 Å². The number of benzene rings is 2. The van der Waals surface area contributed by atoms with Crippen molar-refractivity contribution in [3.8, 4) is 11.1 Å². The van der Waals surface area contributed by atoms with E-state index in [0.717, 1.165) is 29.4 Å². The van der Waals surface area contributed by atoms with Crippen LogP contribution in [0.25, 0.3) is 16.8 Å². The highest BCUT2D eigenvalue weighted by Crippen LogP contribution is 2.26. The average Bonchev–Trinajstić information content (AvgIpc) is 2.48. The molecule has 2 aromatic carbocycles. The van der Waals surface area contributed by atoms with Gasteiger partial charge in [0.2, 0.25) is 0 Å². The maximum Gasteiger partial charge on any atom is 0.133 e. The van der Waals surface area contributed by atoms with Gasteiger partial charge in [-0.25, -0.2) is 8.78 Å². The lowest BCUT2D eigenvalue weighted by Crippen LogP contribution is -2.14. The summed E-state index contributed by atoms with van der Waals surface area (Å²) in [5, 5.41) is 3.26. The number of dihydropyridines is 1. The van der Waals surface area contributed by atoms with Crippen molar-refractivity contribution >= 4 is 5.70 Å². The summed E-state index contributed by atoms with van der Waals surface area (Å²) in [6.07, 6.45) is 5.98. The highest BCUT2D eigenvalue weighted by Gasteiger charge is 2.08. The van der Waals surface area contributed by atoms with Crippen LogP contribution in [0.15, 0.2) is 60.7 Å². The van der Waals surface area contributed by atoms with Crippen molar-refractivity contribution in [3.63, 3.8) is 0 Å². The monoisotopic (exact) mass is 269 g/mol. The Morgan fingerprint density at radius 3 is 2.55 bits per heavy atom. The van der Waals surface area contributed by atoms with Crippen LogP contribution in [0, 0.1) is 11.6 Å². The zero-order chi connectivity index (χ0) is 13.9. The number of halogens is 2. The molecule has 0 saturated carbocycles. The van der Waals surface area contributed by atoms with Gasteiger partial charge in [-0.15, -0.1) is 0 Å². The molecule has 1 heterocycles. The maximum atomic E-state index is 13.8. The smallest absolute Gasteiger partial charge is 0.133 e. The summed E-state index contributed by atoms with van der Waals surface area (Å²) in [6, 6.07) is 11.2. The summed E-state index contributed by atoms with van der Waals surface area (Å²) in [5.41, 5.74) is 3.12. The Labute approximate surface area is 116 Å². The minimum Gasteiger partial charge on any atom is -0.381 e. The van der Waals surface area contributed by atoms with Gasteiger partial charge in [0, 0.05) is 23.9 Å². The SMILES string of the molecule is Fc1ccc(-c2cccc(C3=CC=CCN3)c2)c(F)c1. The molecule has 0 radical (unpaired) electrons. The van der Waals surface area contributed by atoms with Crippen molar-refractivity contribution in [1.29, 1.82) is 0 Å². The number of nitrogens with one attached hydrogen (secondary N) is 1. The third-order valence-corrected chi connectivity index (χ3v) is 3.23. The van der Waals surface area contributed by atoms with Gasteiger partial charge < -0.3 is 5.32 Å². The first-order valence-corrected chi connectivity index (χ1v) is 6.40. The van der Waals surface area contributed by atoms with E-state index in [1.54, 1.807) is 0 Å². The van der Waals surface area contributed by atoms with Crippen molar-refractivity contribution in [2.24, 2.45) is 0 Å². The van der Waals surface area contributed by atoms with Crippen LogP contribution in [-0.4, -0.2) is 6.54 Å². The molecule has 0 aliphatic carbocycles. The van der Waals surface area contributed by atoms with E-state index in [2.05, 4.69) is 5.32 Å². The molecule has 0 unspecified atom stereocenters. The fourth-order valence-electron chi connectivity index (χ4n) is 2.24. The van der Waals surface area contributed by atoms with Crippen LogP contribution in [0.3, 0.4) is 0 Å². The first-order chi connectivity index (χ1) is 9.74. The van der Waals surface area contributed by atoms with E-state index in [0.29, 0.717) is 5.56 Å². The quantitative estimate of drug-likeness (QED) is 0.864. The standard InChI is InChI=1S/C17H13F2N/c18-14-7-8-15(16(19)11-14)12-4-3-5-13(10-12)17-6-1-2-9-20-17/h1-8,10-11,20H,9H2. The molecule has 100 valence electrons. The second-order valence-corrected chi connectivity index (χ2v) is 4.59. The number of hydrogen-bond donors (Lipinski definition) is 1. The summed E-state index contributed by atoms with van der Waals surface area (Å²) >= 11 is 0. The Balaban J connectivity index is 2.03. The molecule has 1 aliphatic heterocycles. The molecule has 0 amide bonds. The molecular weight excluding hydrogens is 256 g/mol. The molecule has 0 bridgehead atoms. The molecule has 2 aromatic rings. The van der Waals surface area contributed by atoms with E-state index in [9.17, 15) is 8.78 Å². The summed E-state index contributed by atoms with van der Waals surface area (Å²) in [5.74, 6) is -1.11. The topological polar surface area (TPSA) is 12.0 Å². The van der Waals surface area contributed by atoms with E-state index in [-0.39, 0.29) is 0 Å². The van der Waals surface area contributed by atoms with Gasteiger partial charge in [-0.05, 0) is 35.4 Å². The Bertz CT molecular complexity index is 702. The van der Waals surface area contributed by atoms with Crippen LogP contribution in [0.5, 0.6) is 0 Å². The molecule has 20 heavy (non-hydrogen) atoms. The van der Waals surface area contributed by atoms with Gasteiger partial charge >= 0.3 is 0 Å². The zero-order valence-corrected chi connectivity index (χ0v) is 10.7. The van der Waals surface area contributed by atoms with E-state index >= 15 is 0 Å². The third kappa shape index (κ3) is 2.48. The second kappa shape index (κ2) is 5.29. The van der Waals surface area contributed by atoms with E-state index in [1.165, 1.54) is 12.1 Å². The number of rotatable bonds is 2. The highest BCUT2D eigenvalue weighted by molar-refractivity contribution is 5.73. The van der Waals surface area contributed by atoms with Crippen molar-refractivity contribution in [1.82, 2.24) is 5.32 Å². The van der Waals surface area contributed by atoms with Gasteiger partial charge in [-0.2, -0.15) is 0 Å². The normalized spacial score (nSPS) is 13.8. The van der Waals surface area contributed by atoms with Crippen molar-refractivity contribution in [3.05, 3.63) is 77.9 Å². The summed E-state index contributed by atoms with van der Waals surface area (Å²) in [7, 11) is 0. The minimum atomic E-state index is -0.566. The van der Waals surface area contributed by atoms with Gasteiger partial charge in [0.25, 0.3) is 0 Å². The van der Waals surface area contributed by atoms with Gasteiger partial charge in [0.05, 0.1) is 0 Å². The van der Waals surface area contributed by atoms with E-state index in [1.807, 2.05) is 42.5 Å². The van der Waals surface area contributed by atoms with Gasteiger partial charge in [-0.1, -0.05) is 30.4 Å². The van der Waals surface area contributed by atoms with Crippen molar-refractivity contribution < 1.29 is 8.78 Å². The second-order valence-electron chi connectivity index (χ2n) is 4.59. The molecule has 0 fully saturated rings. The molecule has 1 nitrogen and oxygen atoms in total. The van der Waals surface area contributed by atoms with Crippen LogP contribution in [0.2, 0.25) is 0 Å². The van der Waals surface area contributed by atoms with Crippen molar-refractivity contribution in [2.45, 2.75) is 0 Å². The lowest BCUT2D eigenvalue weighted by Gasteiger charge is -2.13. The van der Waals surface area contributed by atoms with Crippen LogP contribution < -0.4 is 5.32 Å². The molecule has 1 N–H and O–H groups in total. The Hall–Kier alpha value is -2.42. The lowest BCUT2D eigenvalue weighted by atomic mass is 10.0. The molecule has 3 heteroatoms. The highest BCUT2D eigenvalue weighted by atomic mass is 19.1. The van der Waals surface area contributed by atoms with E-state index < -0.39 is 11.6 Å². The molecule has 0 atom stereocenters. The van der Waals surface area contributed by atoms with Gasteiger partial charge in [0.15, 0.2) is 0 Å². The first-order valence-electron chi connectivity index (χ1n) is 6.40. The third-order valence-electron chi connectivity index (χ3n) is 3.23. The molecule has 3 rings (SSSR count). The predicted molar refractivity (Wildman–Crippen MR) is 76.9 cm³/mol. The van der Waals surface area contributed by atoms with Crippen LogP contribution in [-0.2, 0) is 0 Å². The number of allylic oxidation sites excluding steroid dienone is 2. The molecule has 0 saturated heterocycles. The van der Waals surface area contributed by atoms with Gasteiger partial charge in [0.1, 0.15) is 11.6 Å². The number of hydrogen-bond acceptors (Lipinski definition) is 1. The molecular formula is C17H13F2N. The zero-order valence-electron chi connectivity index (χ0n) is 10.7. The van der Waals surface area contributed by atoms with Gasteiger partial charge in [-0.3, -0.25) is 0 Å². The fourth-order valence-corrected chi connectivity index (χ4v) is 2.24. The Morgan fingerprint density at radius 2 is 1.80 bits per heavy atom. The first kappa shape index (κ1) is 12.6. The predicted octanol–water partition coefficient (Wildman–Crippen LogP) is 4.13. The average molecular weight is 269 g/mol. The Morgan fingerprint density at radius 1 is 0.950 bits per heavy atom. The molecule has 0 aromatic heterocycles. The summed E-state index contributed by atoms with van der Waals surface area (Å²) < 4.78 is 26.8.